The Morgan fingerprint density at radius 3 is 2.41 bits per heavy atom. The molecule has 0 atom stereocenters. The molecule has 5 aromatic rings. The van der Waals surface area contributed by atoms with E-state index in [9.17, 15) is 0 Å². The third kappa shape index (κ3) is 2.17. The summed E-state index contributed by atoms with van der Waals surface area (Å²) in [4.78, 5) is 4.53. The first-order valence-corrected chi connectivity index (χ1v) is 10.3. The second-order valence-corrected chi connectivity index (χ2v) is 8.41. The zero-order valence-electron chi connectivity index (χ0n) is 14.3. The van der Waals surface area contributed by atoms with Crippen molar-refractivity contribution in [1.29, 1.82) is 0 Å². The maximum atomic E-state index is 4.53. The van der Waals surface area contributed by atoms with E-state index in [0.29, 0.717) is 0 Å². The lowest BCUT2D eigenvalue weighted by molar-refractivity contribution is 0.973. The fraction of sp³-hybridized carbons (Fsp3) is 0. The van der Waals surface area contributed by atoms with Gasteiger partial charge in [-0.15, -0.1) is 10.5 Å². The van der Waals surface area contributed by atoms with Crippen LogP contribution in [0.1, 0.15) is 5.56 Å². The number of para-hydroxylation sites is 2. The fourth-order valence-corrected chi connectivity index (χ4v) is 5.88. The molecule has 0 saturated carbocycles. The van der Waals surface area contributed by atoms with Crippen LogP contribution in [0.25, 0.3) is 27.1 Å². The van der Waals surface area contributed by atoms with E-state index in [1.807, 2.05) is 35.2 Å². The maximum absolute atomic E-state index is 4.53. The molecule has 2 aromatic heterocycles. The van der Waals surface area contributed by atoms with Crippen LogP contribution in [0.4, 0.5) is 5.69 Å². The maximum Gasteiger partial charge on any atom is 0.171 e. The van der Waals surface area contributed by atoms with Gasteiger partial charge in [-0.3, -0.25) is 4.57 Å². The number of hydrogen-bond acceptors (Lipinski definition) is 2. The van der Waals surface area contributed by atoms with E-state index in [2.05, 4.69) is 69.6 Å². The van der Waals surface area contributed by atoms with Gasteiger partial charge >= 0.3 is 0 Å². The van der Waals surface area contributed by atoms with Crippen molar-refractivity contribution in [3.8, 4) is 5.30 Å². The van der Waals surface area contributed by atoms with Crippen LogP contribution in [0.5, 0.6) is 0 Å². The van der Waals surface area contributed by atoms with Crippen LogP contribution in [0, 0.1) is 0 Å². The van der Waals surface area contributed by atoms with Crippen LogP contribution in [0.3, 0.4) is 0 Å². The molecule has 0 aliphatic carbocycles. The van der Waals surface area contributed by atoms with Gasteiger partial charge in [0.05, 0.1) is 22.3 Å². The summed E-state index contributed by atoms with van der Waals surface area (Å²) in [6, 6.07) is 23.0. The topological polar surface area (TPSA) is 44.3 Å². The zero-order chi connectivity index (χ0) is 17.8. The smallest absolute Gasteiger partial charge is 0.171 e. The van der Waals surface area contributed by atoms with Crippen LogP contribution in [-0.2, 0) is 0 Å². The molecule has 6 rings (SSSR count). The highest BCUT2D eigenvalue weighted by Gasteiger charge is 2.25. The Kier molecular flexibility index (Phi) is 3.05. The molecule has 0 spiro atoms. The van der Waals surface area contributed by atoms with Gasteiger partial charge in [-0.1, -0.05) is 50.0 Å². The molecule has 1 aliphatic heterocycles. The predicted molar refractivity (Wildman–Crippen MR) is 111 cm³/mol. The molecule has 0 N–H and O–H groups in total. The average Bonchev–Trinajstić information content (AvgIpc) is 3.43. The Balaban J connectivity index is 1.58. The molecule has 1 aliphatic rings. The Labute approximate surface area is 156 Å². The molecular weight excluding hydrogens is 351 g/mol. The first-order chi connectivity index (χ1) is 13.4. The van der Waals surface area contributed by atoms with Crippen LogP contribution in [0.2, 0.25) is 0 Å². The third-order valence-corrected chi connectivity index (χ3v) is 7.05. The summed E-state index contributed by atoms with van der Waals surface area (Å²) in [5, 5.41) is 8.43. The summed E-state index contributed by atoms with van der Waals surface area (Å²) in [7, 11) is -0.540. The molecule has 1 radical (unpaired) electrons. The fourth-order valence-electron chi connectivity index (χ4n) is 3.73. The number of nitrogens with zero attached hydrogens (tertiary/aromatic N) is 4. The number of rotatable bonds is 1. The Bertz CT molecular complexity index is 1330. The van der Waals surface area contributed by atoms with Crippen molar-refractivity contribution in [3.63, 3.8) is 0 Å². The largest absolute Gasteiger partial charge is 0.281 e. The van der Waals surface area contributed by atoms with Crippen molar-refractivity contribution in [2.45, 2.75) is 0 Å². The summed E-state index contributed by atoms with van der Waals surface area (Å²) in [6.07, 6.45) is 1.84. The standard InChI is InChI=1S/C22H14N4P/c1-2-7-16-13-27(12-15(16)6-1)20-11-5-9-18-21(20)22(25-24-18)26-14-23-17-8-3-4-10-19(17)26/h1-14H. The SMILES string of the molecule is c1cc2c(c(-p3cc4ccccc4c3)c1)C(n1cnc3ccccc31)=N[N]2. The van der Waals surface area contributed by atoms with Gasteiger partial charge in [-0.2, -0.15) is 0 Å². The molecule has 0 bridgehead atoms. The molecule has 0 saturated heterocycles. The first-order valence-electron chi connectivity index (χ1n) is 8.80. The van der Waals surface area contributed by atoms with Crippen molar-refractivity contribution in [2.24, 2.45) is 5.10 Å². The number of imidazole rings is 1. The predicted octanol–water partition coefficient (Wildman–Crippen LogP) is 5.62. The van der Waals surface area contributed by atoms with Gasteiger partial charge in [-0.25, -0.2) is 4.98 Å². The van der Waals surface area contributed by atoms with Crippen LogP contribution >= 0.6 is 7.53 Å². The van der Waals surface area contributed by atoms with Gasteiger partial charge in [-0.05, 0) is 46.6 Å². The monoisotopic (exact) mass is 365 g/mol. The van der Waals surface area contributed by atoms with Crippen molar-refractivity contribution in [3.05, 3.63) is 90.2 Å². The summed E-state index contributed by atoms with van der Waals surface area (Å²) in [5.74, 6) is 5.61. The van der Waals surface area contributed by atoms with Gasteiger partial charge in [0, 0.05) is 5.30 Å². The van der Waals surface area contributed by atoms with E-state index in [1.165, 1.54) is 16.1 Å². The number of benzene rings is 3. The minimum Gasteiger partial charge on any atom is -0.281 e. The lowest BCUT2D eigenvalue weighted by Gasteiger charge is -2.10. The second-order valence-electron chi connectivity index (χ2n) is 6.59. The molecule has 3 aromatic carbocycles. The van der Waals surface area contributed by atoms with Crippen molar-refractivity contribution in [1.82, 2.24) is 15.0 Å². The van der Waals surface area contributed by atoms with Crippen LogP contribution in [0.15, 0.2) is 89.8 Å². The molecule has 27 heavy (non-hydrogen) atoms. The highest BCUT2D eigenvalue weighted by atomic mass is 31.1. The van der Waals surface area contributed by atoms with Gasteiger partial charge < -0.3 is 0 Å². The highest BCUT2D eigenvalue weighted by molar-refractivity contribution is 7.57. The third-order valence-electron chi connectivity index (χ3n) is 5.01. The van der Waals surface area contributed by atoms with E-state index in [1.54, 1.807) is 0 Å². The van der Waals surface area contributed by atoms with Crippen molar-refractivity contribution >= 4 is 40.9 Å². The molecule has 0 fully saturated rings. The molecular formula is C22H14N4P. The Morgan fingerprint density at radius 2 is 1.56 bits per heavy atom. The second kappa shape index (κ2) is 5.57. The number of aromatic nitrogens is 2. The quantitative estimate of drug-likeness (QED) is 0.380. The van der Waals surface area contributed by atoms with E-state index in [0.717, 1.165) is 28.1 Å². The molecule has 4 nitrogen and oxygen atoms in total. The van der Waals surface area contributed by atoms with Gasteiger partial charge in [0.2, 0.25) is 0 Å². The van der Waals surface area contributed by atoms with Gasteiger partial charge in [0.1, 0.15) is 6.33 Å². The van der Waals surface area contributed by atoms with Crippen LogP contribution < -0.4 is 5.43 Å². The summed E-state index contributed by atoms with van der Waals surface area (Å²) >= 11 is 0. The Morgan fingerprint density at radius 1 is 0.778 bits per heavy atom. The van der Waals surface area contributed by atoms with E-state index < -0.39 is 7.53 Å². The van der Waals surface area contributed by atoms with E-state index in [4.69, 9.17) is 0 Å². The summed E-state index contributed by atoms with van der Waals surface area (Å²) in [6.45, 7) is 0. The molecule has 3 heterocycles. The normalized spacial score (nSPS) is 13.0. The summed E-state index contributed by atoms with van der Waals surface area (Å²) < 4.78 is 2.05. The highest BCUT2D eigenvalue weighted by Crippen LogP contribution is 2.48. The lowest BCUT2D eigenvalue weighted by Crippen LogP contribution is -2.10. The summed E-state index contributed by atoms with van der Waals surface area (Å²) in [5.41, 5.74) is 8.50. The minimum atomic E-state index is -0.540. The molecule has 5 heteroatoms. The minimum absolute atomic E-state index is 0.540. The van der Waals surface area contributed by atoms with E-state index in [-0.39, 0.29) is 0 Å². The van der Waals surface area contributed by atoms with E-state index >= 15 is 0 Å². The van der Waals surface area contributed by atoms with Gasteiger partial charge in [0.25, 0.3) is 0 Å². The lowest BCUT2D eigenvalue weighted by atomic mass is 10.1. The zero-order valence-corrected chi connectivity index (χ0v) is 15.2. The molecule has 0 unspecified atom stereocenters. The average molecular weight is 365 g/mol. The molecule has 127 valence electrons. The van der Waals surface area contributed by atoms with Crippen molar-refractivity contribution in [2.75, 3.05) is 0 Å². The molecule has 0 amide bonds. The number of fused-ring (bicyclic) bond motifs is 3. The number of hydrogen-bond donors (Lipinski definition) is 0. The van der Waals surface area contributed by atoms with Crippen molar-refractivity contribution < 1.29 is 0 Å². The first kappa shape index (κ1) is 14.8. The van der Waals surface area contributed by atoms with Gasteiger partial charge in [0.15, 0.2) is 5.84 Å². The Hall–Kier alpha value is -3.36. The van der Waals surface area contributed by atoms with Crippen LogP contribution in [-0.4, -0.2) is 15.4 Å².